The second-order valence-electron chi connectivity index (χ2n) is 10.6. The number of sulfone groups is 1. The van der Waals surface area contributed by atoms with Gasteiger partial charge in [0, 0.05) is 25.7 Å². The van der Waals surface area contributed by atoms with Crippen molar-refractivity contribution < 1.29 is 22.7 Å². The van der Waals surface area contributed by atoms with Crippen molar-refractivity contribution in [3.63, 3.8) is 0 Å². The Hall–Kier alpha value is -1.18. The molecule has 4 fully saturated rings. The molecule has 7 heteroatoms. The minimum Gasteiger partial charge on any atom is -0.381 e. The molecular formula is C27H43NO5S. The summed E-state index contributed by atoms with van der Waals surface area (Å²) in [4.78, 5) is 15.5. The molecule has 1 amide bonds. The van der Waals surface area contributed by atoms with Gasteiger partial charge in [0.2, 0.25) is 9.84 Å². The van der Waals surface area contributed by atoms with Crippen LogP contribution in [0.3, 0.4) is 0 Å². The highest BCUT2D eigenvalue weighted by molar-refractivity contribution is 7.97. The highest BCUT2D eigenvalue weighted by Gasteiger charge is 2.54. The molecular weight excluding hydrogens is 450 g/mol. The predicted molar refractivity (Wildman–Crippen MR) is 134 cm³/mol. The Bertz CT molecular complexity index is 852. The molecule has 3 aliphatic carbocycles. The van der Waals surface area contributed by atoms with Crippen molar-refractivity contribution in [1.82, 2.24) is 4.90 Å². The molecule has 4 rings (SSSR count). The molecule has 4 aliphatic rings. The van der Waals surface area contributed by atoms with Gasteiger partial charge >= 0.3 is 0 Å². The molecule has 0 aromatic rings. The molecule has 1 heterocycles. The van der Waals surface area contributed by atoms with E-state index in [0.717, 1.165) is 77.0 Å². The number of amides is 1. The summed E-state index contributed by atoms with van der Waals surface area (Å²) in [5.41, 5.74) is 0. The Morgan fingerprint density at radius 3 is 2.29 bits per heavy atom. The second-order valence-corrected chi connectivity index (χ2v) is 12.6. The molecule has 3 saturated carbocycles. The van der Waals surface area contributed by atoms with Gasteiger partial charge in [0.05, 0.1) is 12.2 Å². The van der Waals surface area contributed by atoms with Crippen molar-refractivity contribution in [1.29, 1.82) is 0 Å². The van der Waals surface area contributed by atoms with Gasteiger partial charge in [0.25, 0.3) is 5.91 Å². The first-order valence-corrected chi connectivity index (χ1v) is 15.1. The highest BCUT2D eigenvalue weighted by Crippen LogP contribution is 2.43. The number of carbonyl (C=O) groups excluding carboxylic acids is 1. The molecule has 34 heavy (non-hydrogen) atoms. The summed E-state index contributed by atoms with van der Waals surface area (Å²) in [6, 6.07) is -0.0167. The standard InChI is InChI=1S/C27H43NO5S/c1-3-33-23-18-16-22(17-19-23)28-26(29)25(15-9-13-20-10-7-8-14-24(20)32-2)34(30,31)27(28)21-11-5-4-6-12-21/h9,13,15,20-24,27H,3-8,10-12,14,16-19H2,1-2H3/b13-9+,25-15-. The van der Waals surface area contributed by atoms with E-state index in [4.69, 9.17) is 9.47 Å². The zero-order chi connectivity index (χ0) is 24.1. The maximum absolute atomic E-state index is 13.8. The largest absolute Gasteiger partial charge is 0.381 e. The first-order chi connectivity index (χ1) is 16.5. The van der Waals surface area contributed by atoms with E-state index in [0.29, 0.717) is 6.61 Å². The summed E-state index contributed by atoms with van der Waals surface area (Å²) in [6.45, 7) is 2.70. The number of allylic oxidation sites excluding steroid dienone is 2. The van der Waals surface area contributed by atoms with E-state index in [9.17, 15) is 13.2 Å². The van der Waals surface area contributed by atoms with Gasteiger partial charge in [0.15, 0.2) is 0 Å². The van der Waals surface area contributed by atoms with Crippen LogP contribution >= 0.6 is 0 Å². The van der Waals surface area contributed by atoms with E-state index in [1.807, 2.05) is 6.92 Å². The Balaban J connectivity index is 1.58. The summed E-state index contributed by atoms with van der Waals surface area (Å²) < 4.78 is 39.1. The minimum absolute atomic E-state index is 0.00367. The van der Waals surface area contributed by atoms with E-state index in [2.05, 4.69) is 6.08 Å². The Morgan fingerprint density at radius 1 is 0.941 bits per heavy atom. The van der Waals surface area contributed by atoms with Crippen LogP contribution in [-0.4, -0.2) is 56.6 Å². The Morgan fingerprint density at radius 2 is 1.62 bits per heavy atom. The average Bonchev–Trinajstić information content (AvgIpc) is 3.05. The number of methoxy groups -OCH3 is 1. The zero-order valence-corrected chi connectivity index (χ0v) is 21.8. The molecule has 0 radical (unpaired) electrons. The van der Waals surface area contributed by atoms with Crippen LogP contribution in [0.5, 0.6) is 0 Å². The lowest BCUT2D eigenvalue weighted by Crippen LogP contribution is -2.49. The monoisotopic (exact) mass is 493 g/mol. The van der Waals surface area contributed by atoms with E-state index in [1.54, 1.807) is 24.2 Å². The van der Waals surface area contributed by atoms with Crippen LogP contribution in [0.4, 0.5) is 0 Å². The van der Waals surface area contributed by atoms with Gasteiger partial charge in [-0.1, -0.05) is 44.3 Å². The van der Waals surface area contributed by atoms with Gasteiger partial charge in [-0.3, -0.25) is 4.79 Å². The van der Waals surface area contributed by atoms with E-state index < -0.39 is 15.2 Å². The van der Waals surface area contributed by atoms with Gasteiger partial charge in [-0.25, -0.2) is 8.42 Å². The summed E-state index contributed by atoms with van der Waals surface area (Å²) in [6.07, 6.45) is 18.7. The summed E-state index contributed by atoms with van der Waals surface area (Å²) >= 11 is 0. The van der Waals surface area contributed by atoms with Gasteiger partial charge < -0.3 is 14.4 Å². The van der Waals surface area contributed by atoms with Gasteiger partial charge in [-0.2, -0.15) is 0 Å². The fourth-order valence-electron chi connectivity index (χ4n) is 6.73. The summed E-state index contributed by atoms with van der Waals surface area (Å²) in [5.74, 6) is 0.0272. The molecule has 1 aliphatic heterocycles. The van der Waals surface area contributed by atoms with Crippen LogP contribution in [0.15, 0.2) is 23.1 Å². The van der Waals surface area contributed by atoms with Gasteiger partial charge in [-0.15, -0.1) is 0 Å². The maximum Gasteiger partial charge on any atom is 0.266 e. The molecule has 3 unspecified atom stereocenters. The third-order valence-corrected chi connectivity index (χ3v) is 10.7. The molecule has 192 valence electrons. The van der Waals surface area contributed by atoms with Crippen LogP contribution in [0, 0.1) is 11.8 Å². The van der Waals surface area contributed by atoms with Crippen LogP contribution in [0.2, 0.25) is 0 Å². The van der Waals surface area contributed by atoms with Gasteiger partial charge in [-0.05, 0) is 70.3 Å². The second kappa shape index (κ2) is 11.7. The quantitative estimate of drug-likeness (QED) is 0.459. The normalized spacial score (nSPS) is 36.5. The first-order valence-electron chi connectivity index (χ1n) is 13.6. The maximum atomic E-state index is 13.8. The molecule has 0 spiro atoms. The van der Waals surface area contributed by atoms with Crippen molar-refractivity contribution >= 4 is 15.7 Å². The van der Waals surface area contributed by atoms with Crippen LogP contribution in [0.1, 0.15) is 90.4 Å². The smallest absolute Gasteiger partial charge is 0.266 e. The van der Waals surface area contributed by atoms with Crippen molar-refractivity contribution in [3.05, 3.63) is 23.1 Å². The average molecular weight is 494 g/mol. The molecule has 0 bridgehead atoms. The topological polar surface area (TPSA) is 72.9 Å². The third-order valence-electron chi connectivity index (χ3n) is 8.50. The Kier molecular flexibility index (Phi) is 8.91. The third kappa shape index (κ3) is 5.46. The number of ether oxygens (including phenoxy) is 2. The molecule has 1 saturated heterocycles. The van der Waals surface area contributed by atoms with E-state index in [1.165, 1.54) is 6.42 Å². The van der Waals surface area contributed by atoms with Crippen LogP contribution < -0.4 is 0 Å². The predicted octanol–water partition coefficient (Wildman–Crippen LogP) is 5.14. The SMILES string of the molecule is CCOC1CCC(N2C(=O)/C(=C/C=C/C3CCCCC3OC)S(=O)(=O)C2C2CCCCC2)CC1. The van der Waals surface area contributed by atoms with Crippen LogP contribution in [-0.2, 0) is 24.1 Å². The molecule has 6 nitrogen and oxygen atoms in total. The number of carbonyl (C=O) groups is 1. The van der Waals surface area contributed by atoms with Crippen molar-refractivity contribution in [2.75, 3.05) is 13.7 Å². The number of hydrogen-bond donors (Lipinski definition) is 0. The number of hydrogen-bond acceptors (Lipinski definition) is 5. The first kappa shape index (κ1) is 25.9. The molecule has 0 N–H and O–H groups in total. The lowest BCUT2D eigenvalue weighted by Gasteiger charge is -2.40. The lowest BCUT2D eigenvalue weighted by molar-refractivity contribution is -0.131. The summed E-state index contributed by atoms with van der Waals surface area (Å²) in [5, 5.41) is -0.699. The fourth-order valence-corrected chi connectivity index (χ4v) is 8.96. The fraction of sp³-hybridized carbons (Fsp3) is 0.815. The number of rotatable bonds is 7. The lowest BCUT2D eigenvalue weighted by atomic mass is 9.86. The molecule has 3 atom stereocenters. The van der Waals surface area contributed by atoms with Crippen molar-refractivity contribution in [2.24, 2.45) is 11.8 Å². The van der Waals surface area contributed by atoms with Crippen molar-refractivity contribution in [3.8, 4) is 0 Å². The summed E-state index contributed by atoms with van der Waals surface area (Å²) in [7, 11) is -1.95. The molecule has 0 aromatic heterocycles. The van der Waals surface area contributed by atoms with E-state index in [-0.39, 0.29) is 40.9 Å². The van der Waals surface area contributed by atoms with Crippen molar-refractivity contribution in [2.45, 2.75) is 114 Å². The minimum atomic E-state index is -3.70. The molecule has 0 aromatic carbocycles. The number of nitrogens with zero attached hydrogens (tertiary/aromatic N) is 1. The van der Waals surface area contributed by atoms with E-state index >= 15 is 0 Å². The highest BCUT2D eigenvalue weighted by atomic mass is 32.2. The van der Waals surface area contributed by atoms with Crippen LogP contribution in [0.25, 0.3) is 0 Å². The van der Waals surface area contributed by atoms with Gasteiger partial charge in [0.1, 0.15) is 10.3 Å². The Labute approximate surface area is 206 Å². The zero-order valence-electron chi connectivity index (χ0n) is 21.0.